The molecular weight excluding hydrogens is 259 g/mol. The normalized spacial score (nSPS) is 22.9. The molecule has 1 saturated heterocycles. The minimum atomic E-state index is -0.270. The fourth-order valence-electron chi connectivity index (χ4n) is 2.43. The van der Waals surface area contributed by atoms with E-state index in [1.165, 1.54) is 12.1 Å². The van der Waals surface area contributed by atoms with Crippen LogP contribution >= 0.6 is 0 Å². The third-order valence-electron chi connectivity index (χ3n) is 3.45. The Balaban J connectivity index is 2.04. The third kappa shape index (κ3) is 3.77. The largest absolute Gasteiger partial charge is 0.367 e. The van der Waals surface area contributed by atoms with E-state index in [9.17, 15) is 9.18 Å². The highest BCUT2D eigenvalue weighted by Gasteiger charge is 2.28. The van der Waals surface area contributed by atoms with E-state index >= 15 is 0 Å². The van der Waals surface area contributed by atoms with Crippen molar-refractivity contribution in [3.8, 4) is 0 Å². The maximum atomic E-state index is 13.0. The van der Waals surface area contributed by atoms with Crippen LogP contribution in [0.4, 0.5) is 4.39 Å². The first-order chi connectivity index (χ1) is 9.60. The summed E-state index contributed by atoms with van der Waals surface area (Å²) in [4.78, 5) is 13.9. The zero-order chi connectivity index (χ0) is 14.5. The number of carbonyl (C=O) groups excluding carboxylic acids is 1. The van der Waals surface area contributed by atoms with Gasteiger partial charge in [-0.3, -0.25) is 4.79 Å². The van der Waals surface area contributed by atoms with Gasteiger partial charge in [-0.15, -0.1) is 0 Å². The highest BCUT2D eigenvalue weighted by Crippen LogP contribution is 2.25. The summed E-state index contributed by atoms with van der Waals surface area (Å²) in [5.41, 5.74) is 6.33. The van der Waals surface area contributed by atoms with E-state index < -0.39 is 0 Å². The van der Waals surface area contributed by atoms with Crippen molar-refractivity contribution in [1.29, 1.82) is 0 Å². The molecule has 1 aliphatic rings. The van der Waals surface area contributed by atoms with Crippen molar-refractivity contribution in [2.24, 2.45) is 5.73 Å². The number of morpholine rings is 1. The molecule has 2 N–H and O–H groups in total. The van der Waals surface area contributed by atoms with Crippen LogP contribution in [0.3, 0.4) is 0 Å². The molecule has 0 spiro atoms. The molecule has 2 unspecified atom stereocenters. The zero-order valence-corrected chi connectivity index (χ0v) is 11.7. The predicted molar refractivity (Wildman–Crippen MR) is 74.6 cm³/mol. The third-order valence-corrected chi connectivity index (χ3v) is 3.45. The molecule has 110 valence electrons. The van der Waals surface area contributed by atoms with Crippen molar-refractivity contribution in [2.75, 3.05) is 19.6 Å². The standard InChI is InChI=1S/C15H21FN2O2/c1-11-9-18(15(19)3-2-8-17)10-14(20-11)12-4-6-13(16)7-5-12/h4-7,11,14H,2-3,8-10,17H2,1H3. The Morgan fingerprint density at radius 3 is 2.75 bits per heavy atom. The zero-order valence-electron chi connectivity index (χ0n) is 11.7. The Morgan fingerprint density at radius 2 is 2.10 bits per heavy atom. The molecule has 0 aromatic heterocycles. The van der Waals surface area contributed by atoms with E-state index in [4.69, 9.17) is 10.5 Å². The number of ether oxygens (including phenoxy) is 1. The molecule has 0 saturated carbocycles. The minimum absolute atomic E-state index is 0.0272. The number of benzene rings is 1. The molecular formula is C15H21FN2O2. The van der Waals surface area contributed by atoms with Gasteiger partial charge in [-0.2, -0.15) is 0 Å². The van der Waals surface area contributed by atoms with Crippen LogP contribution in [0.5, 0.6) is 0 Å². The summed E-state index contributed by atoms with van der Waals surface area (Å²) in [6.07, 6.45) is 0.951. The Kier molecular flexibility index (Phi) is 5.09. The van der Waals surface area contributed by atoms with E-state index in [0.717, 1.165) is 5.56 Å². The second-order valence-electron chi connectivity index (χ2n) is 5.18. The van der Waals surface area contributed by atoms with Gasteiger partial charge in [-0.05, 0) is 37.6 Å². The lowest BCUT2D eigenvalue weighted by Gasteiger charge is -2.37. The Hall–Kier alpha value is -1.46. The molecule has 5 heteroatoms. The Bertz CT molecular complexity index is 450. The summed E-state index contributed by atoms with van der Waals surface area (Å²) >= 11 is 0. The molecule has 0 radical (unpaired) electrons. The first kappa shape index (κ1) is 14.9. The Morgan fingerprint density at radius 1 is 1.40 bits per heavy atom. The van der Waals surface area contributed by atoms with Crippen LogP contribution in [-0.4, -0.2) is 36.5 Å². The van der Waals surface area contributed by atoms with Crippen LogP contribution in [0.2, 0.25) is 0 Å². The molecule has 1 heterocycles. The van der Waals surface area contributed by atoms with Crippen molar-refractivity contribution < 1.29 is 13.9 Å². The lowest BCUT2D eigenvalue weighted by molar-refractivity contribution is -0.145. The topological polar surface area (TPSA) is 55.6 Å². The fourth-order valence-corrected chi connectivity index (χ4v) is 2.43. The summed E-state index contributed by atoms with van der Waals surface area (Å²) in [7, 11) is 0. The van der Waals surface area contributed by atoms with Gasteiger partial charge in [0.25, 0.3) is 0 Å². The van der Waals surface area contributed by atoms with Crippen molar-refractivity contribution in [1.82, 2.24) is 4.90 Å². The van der Waals surface area contributed by atoms with Crippen LogP contribution in [0.1, 0.15) is 31.4 Å². The quantitative estimate of drug-likeness (QED) is 0.915. The minimum Gasteiger partial charge on any atom is -0.367 e. The summed E-state index contributed by atoms with van der Waals surface area (Å²) in [5, 5.41) is 0. The van der Waals surface area contributed by atoms with E-state index in [-0.39, 0.29) is 23.9 Å². The van der Waals surface area contributed by atoms with Gasteiger partial charge in [0.05, 0.1) is 12.6 Å². The number of rotatable bonds is 4. The molecule has 1 aromatic carbocycles. The number of amides is 1. The van der Waals surface area contributed by atoms with Crippen LogP contribution in [0.25, 0.3) is 0 Å². The first-order valence-corrected chi connectivity index (χ1v) is 6.99. The van der Waals surface area contributed by atoms with E-state index in [1.54, 1.807) is 12.1 Å². The molecule has 2 rings (SSSR count). The summed E-state index contributed by atoms with van der Waals surface area (Å²) in [5.74, 6) is -0.161. The second-order valence-corrected chi connectivity index (χ2v) is 5.18. The van der Waals surface area contributed by atoms with E-state index in [0.29, 0.717) is 32.5 Å². The van der Waals surface area contributed by atoms with Gasteiger partial charge in [0.1, 0.15) is 11.9 Å². The van der Waals surface area contributed by atoms with Crippen LogP contribution in [-0.2, 0) is 9.53 Å². The molecule has 1 amide bonds. The van der Waals surface area contributed by atoms with Crippen LogP contribution in [0, 0.1) is 5.82 Å². The summed E-state index contributed by atoms with van der Waals surface area (Å²) in [6.45, 7) is 3.58. The van der Waals surface area contributed by atoms with Gasteiger partial charge in [0.15, 0.2) is 0 Å². The highest BCUT2D eigenvalue weighted by atomic mass is 19.1. The molecule has 0 bridgehead atoms. The maximum absolute atomic E-state index is 13.0. The lowest BCUT2D eigenvalue weighted by atomic mass is 10.1. The number of halogens is 1. The monoisotopic (exact) mass is 280 g/mol. The van der Waals surface area contributed by atoms with E-state index in [1.807, 2.05) is 11.8 Å². The van der Waals surface area contributed by atoms with Crippen LogP contribution < -0.4 is 5.73 Å². The summed E-state index contributed by atoms with van der Waals surface area (Å²) < 4.78 is 18.8. The highest BCUT2D eigenvalue weighted by molar-refractivity contribution is 5.76. The van der Waals surface area contributed by atoms with Gasteiger partial charge in [0, 0.05) is 13.0 Å². The molecule has 1 aromatic rings. The van der Waals surface area contributed by atoms with Crippen LogP contribution in [0.15, 0.2) is 24.3 Å². The smallest absolute Gasteiger partial charge is 0.222 e. The number of hydrogen-bond acceptors (Lipinski definition) is 3. The average molecular weight is 280 g/mol. The SMILES string of the molecule is CC1CN(C(=O)CCCN)CC(c2ccc(F)cc2)O1. The van der Waals surface area contributed by atoms with Gasteiger partial charge < -0.3 is 15.4 Å². The molecule has 1 aliphatic heterocycles. The van der Waals surface area contributed by atoms with Crippen molar-refractivity contribution in [2.45, 2.75) is 32.0 Å². The molecule has 1 fully saturated rings. The second kappa shape index (κ2) is 6.81. The molecule has 20 heavy (non-hydrogen) atoms. The number of carbonyl (C=O) groups is 1. The fraction of sp³-hybridized carbons (Fsp3) is 0.533. The number of hydrogen-bond donors (Lipinski definition) is 1. The molecule has 0 aliphatic carbocycles. The predicted octanol–water partition coefficient (Wildman–Crippen LogP) is 1.85. The maximum Gasteiger partial charge on any atom is 0.222 e. The average Bonchev–Trinajstić information content (AvgIpc) is 2.44. The lowest BCUT2D eigenvalue weighted by Crippen LogP contribution is -2.46. The molecule has 4 nitrogen and oxygen atoms in total. The Labute approximate surface area is 118 Å². The number of nitrogens with two attached hydrogens (primary N) is 1. The van der Waals surface area contributed by atoms with Gasteiger partial charge in [-0.1, -0.05) is 12.1 Å². The van der Waals surface area contributed by atoms with E-state index in [2.05, 4.69) is 0 Å². The summed E-state index contributed by atoms with van der Waals surface area (Å²) in [6, 6.07) is 6.25. The van der Waals surface area contributed by atoms with Crippen molar-refractivity contribution >= 4 is 5.91 Å². The van der Waals surface area contributed by atoms with Gasteiger partial charge >= 0.3 is 0 Å². The van der Waals surface area contributed by atoms with Crippen molar-refractivity contribution in [3.63, 3.8) is 0 Å². The van der Waals surface area contributed by atoms with Gasteiger partial charge in [-0.25, -0.2) is 4.39 Å². The van der Waals surface area contributed by atoms with Gasteiger partial charge in [0.2, 0.25) is 5.91 Å². The molecule has 2 atom stereocenters. The first-order valence-electron chi connectivity index (χ1n) is 6.99. The number of nitrogens with zero attached hydrogens (tertiary/aromatic N) is 1. The van der Waals surface area contributed by atoms with Crippen molar-refractivity contribution in [3.05, 3.63) is 35.6 Å².